The van der Waals surface area contributed by atoms with E-state index in [1.165, 1.54) is 0 Å². The average Bonchev–Trinajstić information content (AvgIpc) is 3.05. The first-order valence-electron chi connectivity index (χ1n) is 10.8. The van der Waals surface area contributed by atoms with Crippen LogP contribution in [0.3, 0.4) is 0 Å². The molecule has 1 aromatic rings. The van der Waals surface area contributed by atoms with Crippen LogP contribution in [0.15, 0.2) is 4.99 Å². The van der Waals surface area contributed by atoms with Gasteiger partial charge in [0.05, 0.1) is 18.6 Å². The maximum absolute atomic E-state index is 12.3. The molecule has 0 spiro atoms. The Labute approximate surface area is 179 Å². The molecule has 1 amide bonds. The summed E-state index contributed by atoms with van der Waals surface area (Å²) in [5, 5.41) is 17.9. The van der Waals surface area contributed by atoms with Gasteiger partial charge >= 0.3 is 0 Å². The molecule has 0 bridgehead atoms. The third-order valence-electron chi connectivity index (χ3n) is 5.26. The predicted molar refractivity (Wildman–Crippen MR) is 117 cm³/mol. The molecule has 1 aromatic heterocycles. The summed E-state index contributed by atoms with van der Waals surface area (Å²) in [5.74, 6) is 2.35. The van der Waals surface area contributed by atoms with Gasteiger partial charge in [-0.1, -0.05) is 0 Å². The highest BCUT2D eigenvalue weighted by Gasteiger charge is 2.27. The SMILES string of the molecule is CCNC(=O)C(C)(C)CNC(=NCc1nnc(C)n1C)NCCCN1CCOCC1. The average molecular weight is 423 g/mol. The summed E-state index contributed by atoms with van der Waals surface area (Å²) in [6.45, 7) is 14.6. The maximum atomic E-state index is 12.3. The number of guanidine groups is 1. The minimum absolute atomic E-state index is 0.0214. The highest BCUT2D eigenvalue weighted by atomic mass is 16.5. The second kappa shape index (κ2) is 11.8. The number of nitrogens with zero attached hydrogens (tertiary/aromatic N) is 5. The summed E-state index contributed by atoms with van der Waals surface area (Å²) in [4.78, 5) is 19.4. The zero-order valence-corrected chi connectivity index (χ0v) is 19.1. The number of carbonyl (C=O) groups is 1. The van der Waals surface area contributed by atoms with Crippen LogP contribution >= 0.6 is 0 Å². The Morgan fingerprint density at radius 2 is 1.93 bits per heavy atom. The van der Waals surface area contributed by atoms with Gasteiger partial charge in [-0.3, -0.25) is 9.69 Å². The van der Waals surface area contributed by atoms with E-state index in [-0.39, 0.29) is 5.91 Å². The fourth-order valence-corrected chi connectivity index (χ4v) is 3.03. The van der Waals surface area contributed by atoms with E-state index < -0.39 is 5.41 Å². The number of morpholine rings is 1. The van der Waals surface area contributed by atoms with Gasteiger partial charge in [0.1, 0.15) is 12.4 Å². The van der Waals surface area contributed by atoms with Crippen molar-refractivity contribution in [2.45, 2.75) is 40.7 Å². The van der Waals surface area contributed by atoms with Crippen LogP contribution in [0, 0.1) is 12.3 Å². The summed E-state index contributed by atoms with van der Waals surface area (Å²) in [6.07, 6.45) is 1.00. The Hall–Kier alpha value is -2.20. The predicted octanol–water partition coefficient (Wildman–Crippen LogP) is 0.0433. The van der Waals surface area contributed by atoms with Crippen molar-refractivity contribution in [3.05, 3.63) is 11.6 Å². The molecule has 0 radical (unpaired) electrons. The van der Waals surface area contributed by atoms with Crippen LogP contribution in [0.25, 0.3) is 0 Å². The van der Waals surface area contributed by atoms with Gasteiger partial charge in [-0.05, 0) is 40.7 Å². The Kier molecular flexibility index (Phi) is 9.51. The van der Waals surface area contributed by atoms with Gasteiger partial charge in [0.25, 0.3) is 0 Å². The lowest BCUT2D eigenvalue weighted by Crippen LogP contribution is -2.48. The highest BCUT2D eigenvalue weighted by Crippen LogP contribution is 2.13. The van der Waals surface area contributed by atoms with Crippen LogP contribution < -0.4 is 16.0 Å². The molecule has 2 rings (SSSR count). The second-order valence-electron chi connectivity index (χ2n) is 8.22. The standard InChI is InChI=1S/C20H38N8O2/c1-6-21-18(29)20(3,4)15-24-19(23-14-17-26-25-16(2)27(17)5)22-8-7-9-28-10-12-30-13-11-28/h6-15H2,1-5H3,(H,21,29)(H2,22,23,24). The summed E-state index contributed by atoms with van der Waals surface area (Å²) < 4.78 is 7.33. The number of carbonyl (C=O) groups excluding carboxylic acids is 1. The minimum atomic E-state index is -0.548. The molecule has 1 saturated heterocycles. The van der Waals surface area contributed by atoms with Crippen LogP contribution in [0.5, 0.6) is 0 Å². The van der Waals surface area contributed by atoms with Crippen LogP contribution in [0.4, 0.5) is 0 Å². The van der Waals surface area contributed by atoms with E-state index in [1.54, 1.807) is 0 Å². The van der Waals surface area contributed by atoms with Gasteiger partial charge in [-0.15, -0.1) is 10.2 Å². The number of ether oxygens (including phenoxy) is 1. The maximum Gasteiger partial charge on any atom is 0.227 e. The van der Waals surface area contributed by atoms with Crippen molar-refractivity contribution >= 4 is 11.9 Å². The van der Waals surface area contributed by atoms with Crippen molar-refractivity contribution in [2.24, 2.45) is 17.5 Å². The Morgan fingerprint density at radius 1 is 1.20 bits per heavy atom. The molecule has 0 atom stereocenters. The van der Waals surface area contributed by atoms with Crippen molar-refractivity contribution in [3.63, 3.8) is 0 Å². The van der Waals surface area contributed by atoms with Gasteiger partial charge in [0.15, 0.2) is 11.8 Å². The zero-order chi connectivity index (χ0) is 22.0. The molecule has 0 unspecified atom stereocenters. The molecule has 1 aliphatic heterocycles. The van der Waals surface area contributed by atoms with Gasteiger partial charge in [-0.25, -0.2) is 4.99 Å². The lowest BCUT2D eigenvalue weighted by molar-refractivity contribution is -0.128. The Bertz CT molecular complexity index is 695. The van der Waals surface area contributed by atoms with Crippen LogP contribution in [-0.4, -0.2) is 84.0 Å². The van der Waals surface area contributed by atoms with Crippen molar-refractivity contribution in [3.8, 4) is 0 Å². The van der Waals surface area contributed by atoms with Crippen molar-refractivity contribution in [1.29, 1.82) is 0 Å². The number of nitrogens with one attached hydrogen (secondary N) is 3. The number of aliphatic imine (C=N–C) groups is 1. The number of rotatable bonds is 10. The van der Waals surface area contributed by atoms with E-state index in [2.05, 4.69) is 36.0 Å². The first kappa shape index (κ1) is 24.1. The molecule has 2 heterocycles. The Balaban J connectivity index is 1.91. The largest absolute Gasteiger partial charge is 0.379 e. The fourth-order valence-electron chi connectivity index (χ4n) is 3.03. The third kappa shape index (κ3) is 7.56. The first-order chi connectivity index (χ1) is 14.3. The fraction of sp³-hybridized carbons (Fsp3) is 0.800. The molecular formula is C20H38N8O2. The lowest BCUT2D eigenvalue weighted by Gasteiger charge is -2.27. The van der Waals surface area contributed by atoms with E-state index in [9.17, 15) is 4.79 Å². The molecule has 1 fully saturated rings. The first-order valence-corrected chi connectivity index (χ1v) is 10.8. The van der Waals surface area contributed by atoms with Crippen LogP contribution in [-0.2, 0) is 23.1 Å². The molecule has 0 aromatic carbocycles. The summed E-state index contributed by atoms with van der Waals surface area (Å²) >= 11 is 0. The monoisotopic (exact) mass is 422 g/mol. The van der Waals surface area contributed by atoms with E-state index in [0.717, 1.165) is 57.5 Å². The zero-order valence-electron chi connectivity index (χ0n) is 19.1. The van der Waals surface area contributed by atoms with Crippen molar-refractivity contribution in [1.82, 2.24) is 35.6 Å². The van der Waals surface area contributed by atoms with Crippen LogP contribution in [0.2, 0.25) is 0 Å². The van der Waals surface area contributed by atoms with Gasteiger partial charge in [0, 0.05) is 39.8 Å². The van der Waals surface area contributed by atoms with Gasteiger partial charge < -0.3 is 25.3 Å². The van der Waals surface area contributed by atoms with E-state index in [1.807, 2.05) is 39.3 Å². The van der Waals surface area contributed by atoms with Gasteiger partial charge in [0.2, 0.25) is 5.91 Å². The van der Waals surface area contributed by atoms with E-state index in [4.69, 9.17) is 4.74 Å². The van der Waals surface area contributed by atoms with E-state index >= 15 is 0 Å². The topological polar surface area (TPSA) is 109 Å². The summed E-state index contributed by atoms with van der Waals surface area (Å²) in [7, 11) is 1.93. The number of amides is 1. The molecule has 10 nitrogen and oxygen atoms in total. The molecule has 10 heteroatoms. The molecular weight excluding hydrogens is 384 g/mol. The number of aryl methyl sites for hydroxylation is 1. The quantitative estimate of drug-likeness (QED) is 0.278. The summed E-state index contributed by atoms with van der Waals surface area (Å²) in [5.41, 5.74) is -0.548. The van der Waals surface area contributed by atoms with Crippen molar-refractivity contribution in [2.75, 3.05) is 52.5 Å². The molecule has 0 saturated carbocycles. The summed E-state index contributed by atoms with van der Waals surface area (Å²) in [6, 6.07) is 0. The van der Waals surface area contributed by atoms with E-state index in [0.29, 0.717) is 25.6 Å². The number of aromatic nitrogens is 3. The lowest BCUT2D eigenvalue weighted by atomic mass is 9.92. The second-order valence-corrected chi connectivity index (χ2v) is 8.22. The number of hydrogen-bond donors (Lipinski definition) is 3. The Morgan fingerprint density at radius 3 is 2.57 bits per heavy atom. The molecule has 0 aliphatic carbocycles. The molecule has 30 heavy (non-hydrogen) atoms. The minimum Gasteiger partial charge on any atom is -0.379 e. The number of hydrogen-bond acceptors (Lipinski definition) is 6. The highest BCUT2D eigenvalue weighted by molar-refractivity contribution is 5.84. The molecule has 170 valence electrons. The smallest absolute Gasteiger partial charge is 0.227 e. The molecule has 1 aliphatic rings. The van der Waals surface area contributed by atoms with Crippen molar-refractivity contribution < 1.29 is 9.53 Å². The normalized spacial score (nSPS) is 15.8. The van der Waals surface area contributed by atoms with Gasteiger partial charge in [-0.2, -0.15) is 0 Å². The van der Waals surface area contributed by atoms with Crippen LogP contribution in [0.1, 0.15) is 38.8 Å². The third-order valence-corrected chi connectivity index (χ3v) is 5.26. The molecule has 3 N–H and O–H groups in total.